The lowest BCUT2D eigenvalue weighted by Gasteiger charge is -2.46. The minimum Gasteiger partial charge on any atom is -0.508 e. The van der Waals surface area contributed by atoms with Crippen LogP contribution < -0.4 is 0 Å². The number of phenolic OH excluding ortho intramolecular Hbond substituents is 1. The van der Waals surface area contributed by atoms with Crippen molar-refractivity contribution in [2.45, 2.75) is 64.0 Å². The fourth-order valence-electron chi connectivity index (χ4n) is 7.71. The maximum atomic E-state index is 14.0. The van der Waals surface area contributed by atoms with Crippen LogP contribution in [0.1, 0.15) is 56.8 Å². The van der Waals surface area contributed by atoms with Crippen LogP contribution >= 0.6 is 15.9 Å². The second kappa shape index (κ2) is 10.3. The Labute approximate surface area is 238 Å². The van der Waals surface area contributed by atoms with Crippen molar-refractivity contribution < 1.29 is 24.5 Å². The van der Waals surface area contributed by atoms with Gasteiger partial charge in [-0.15, -0.1) is 0 Å². The number of aliphatic hydroxyl groups is 1. The molecule has 2 aromatic carbocycles. The largest absolute Gasteiger partial charge is 0.508 e. The third kappa shape index (κ3) is 4.63. The van der Waals surface area contributed by atoms with Gasteiger partial charge in [0.05, 0.1) is 17.9 Å². The molecular weight excluding hydrogens is 560 g/mol. The highest BCUT2D eigenvalue weighted by Crippen LogP contribution is 2.60. The van der Waals surface area contributed by atoms with Crippen molar-refractivity contribution in [2.75, 3.05) is 13.1 Å². The molecule has 4 aliphatic rings. The summed E-state index contributed by atoms with van der Waals surface area (Å²) in [5, 5.41) is 22.6. The number of rotatable bonds is 5. The number of benzene rings is 2. The third-order valence-corrected chi connectivity index (χ3v) is 10.1. The van der Waals surface area contributed by atoms with Crippen LogP contribution in [0.3, 0.4) is 0 Å². The Bertz CT molecular complexity index is 1250. The van der Waals surface area contributed by atoms with Crippen molar-refractivity contribution in [1.29, 1.82) is 0 Å². The number of carbonyl (C=O) groups excluding carboxylic acids is 2. The first kappa shape index (κ1) is 26.9. The number of hydrogen-bond donors (Lipinski definition) is 2. The third-order valence-electron chi connectivity index (χ3n) is 9.63. The van der Waals surface area contributed by atoms with E-state index in [1.807, 2.05) is 32.0 Å². The van der Waals surface area contributed by atoms with Gasteiger partial charge in [-0.2, -0.15) is 0 Å². The molecule has 7 nitrogen and oxygen atoms in total. The summed E-state index contributed by atoms with van der Waals surface area (Å²) in [7, 11) is 0. The number of nitrogens with zero attached hydrogens (tertiary/aromatic N) is 2. The van der Waals surface area contributed by atoms with Crippen LogP contribution in [-0.2, 0) is 20.9 Å². The zero-order valence-electron chi connectivity index (χ0n) is 22.5. The van der Waals surface area contributed by atoms with Gasteiger partial charge in [0.2, 0.25) is 11.8 Å². The maximum Gasteiger partial charge on any atom is 0.233 e. The van der Waals surface area contributed by atoms with Gasteiger partial charge >= 0.3 is 0 Å². The topological polar surface area (TPSA) is 90.3 Å². The average Bonchev–Trinajstić information content (AvgIpc) is 3.39. The lowest BCUT2D eigenvalue weighted by Crippen LogP contribution is -2.55. The van der Waals surface area contributed by atoms with Crippen molar-refractivity contribution in [3.8, 4) is 5.75 Å². The number of likely N-dealkylation sites (tertiary alicyclic amines) is 2. The molecule has 8 heteroatoms. The van der Waals surface area contributed by atoms with Crippen LogP contribution in [-0.4, -0.2) is 56.7 Å². The molecule has 1 aliphatic carbocycles. The van der Waals surface area contributed by atoms with E-state index in [1.165, 1.54) is 5.56 Å². The quantitative estimate of drug-likeness (QED) is 0.479. The molecule has 3 saturated heterocycles. The molecule has 1 saturated carbocycles. The van der Waals surface area contributed by atoms with Crippen LogP contribution in [0.25, 0.3) is 0 Å². The molecule has 2 N–H and O–H groups in total. The molecule has 208 valence electrons. The summed E-state index contributed by atoms with van der Waals surface area (Å²) >= 11 is 3.47. The Morgan fingerprint density at radius 3 is 2.46 bits per heavy atom. The first-order valence-corrected chi connectivity index (χ1v) is 15.0. The SMILES string of the molecule is CC(C)[C@H]1C[C@@H]2C(=O)N(C3CCN(Cc4ccccc4)CC3)C(=O)[C@@H]2[C@@H]2C[C@@H](c3cc(Br)ccc3O)O[C@]12O. The monoisotopic (exact) mass is 596 g/mol. The van der Waals surface area contributed by atoms with E-state index in [2.05, 4.69) is 33.0 Å². The molecule has 3 aliphatic heterocycles. The molecule has 0 spiro atoms. The normalized spacial score (nSPS) is 33.6. The second-order valence-corrected chi connectivity index (χ2v) is 13.1. The van der Waals surface area contributed by atoms with Gasteiger partial charge in [-0.1, -0.05) is 60.1 Å². The molecular formula is C31H37BrN2O5. The highest BCUT2D eigenvalue weighted by molar-refractivity contribution is 9.10. The highest BCUT2D eigenvalue weighted by Gasteiger charge is 2.67. The fourth-order valence-corrected chi connectivity index (χ4v) is 8.08. The maximum absolute atomic E-state index is 14.0. The van der Waals surface area contributed by atoms with E-state index < -0.39 is 29.6 Å². The number of halogens is 1. The van der Waals surface area contributed by atoms with Crippen molar-refractivity contribution in [3.63, 3.8) is 0 Å². The summed E-state index contributed by atoms with van der Waals surface area (Å²) in [5.41, 5.74) is 1.85. The number of piperidine rings is 1. The number of hydrogen-bond acceptors (Lipinski definition) is 6. The Kier molecular flexibility index (Phi) is 7.11. The average molecular weight is 598 g/mol. The van der Waals surface area contributed by atoms with E-state index in [1.54, 1.807) is 23.1 Å². The summed E-state index contributed by atoms with van der Waals surface area (Å²) < 4.78 is 7.18. The number of aromatic hydroxyl groups is 1. The van der Waals surface area contributed by atoms with Gasteiger partial charge in [-0.3, -0.25) is 19.4 Å². The van der Waals surface area contributed by atoms with Gasteiger partial charge < -0.3 is 14.9 Å². The Balaban J connectivity index is 1.23. The smallest absolute Gasteiger partial charge is 0.233 e. The van der Waals surface area contributed by atoms with Crippen LogP contribution in [0.2, 0.25) is 0 Å². The zero-order valence-corrected chi connectivity index (χ0v) is 24.1. The van der Waals surface area contributed by atoms with Gasteiger partial charge in [0.15, 0.2) is 5.79 Å². The molecule has 6 atom stereocenters. The lowest BCUT2D eigenvalue weighted by atomic mass is 9.62. The minimum absolute atomic E-state index is 0.0616. The van der Waals surface area contributed by atoms with E-state index in [-0.39, 0.29) is 35.4 Å². The van der Waals surface area contributed by atoms with Crippen molar-refractivity contribution in [2.24, 2.45) is 29.6 Å². The van der Waals surface area contributed by atoms with Crippen molar-refractivity contribution in [3.05, 3.63) is 64.1 Å². The van der Waals surface area contributed by atoms with Crippen LogP contribution in [0.5, 0.6) is 5.75 Å². The predicted octanol–water partition coefficient (Wildman–Crippen LogP) is 4.86. The van der Waals surface area contributed by atoms with Crippen LogP contribution in [0, 0.1) is 29.6 Å². The van der Waals surface area contributed by atoms with Crippen molar-refractivity contribution in [1.82, 2.24) is 9.80 Å². The van der Waals surface area contributed by atoms with E-state index in [4.69, 9.17) is 4.74 Å². The predicted molar refractivity (Wildman–Crippen MR) is 149 cm³/mol. The molecule has 39 heavy (non-hydrogen) atoms. The Morgan fingerprint density at radius 1 is 1.05 bits per heavy atom. The molecule has 6 rings (SSSR count). The summed E-state index contributed by atoms with van der Waals surface area (Å²) in [5.74, 6) is -3.42. The summed E-state index contributed by atoms with van der Waals surface area (Å²) in [4.78, 5) is 31.8. The van der Waals surface area contributed by atoms with Gasteiger partial charge in [-0.05, 0) is 55.4 Å². The molecule has 0 bridgehead atoms. The fraction of sp³-hybridized carbons (Fsp3) is 0.548. The first-order valence-electron chi connectivity index (χ1n) is 14.2. The molecule has 0 aromatic heterocycles. The van der Waals surface area contributed by atoms with Gasteiger partial charge in [-0.25, -0.2) is 0 Å². The summed E-state index contributed by atoms with van der Waals surface area (Å²) in [6.07, 6.45) is 1.78. The molecule has 0 unspecified atom stereocenters. The standard InChI is InChI=1S/C31H37BrN2O5/c1-18(2)24-15-23-28(25-16-27(39-31(24,25)38)22-14-20(32)8-9-26(22)35)30(37)34(29(23)36)21-10-12-33(13-11-21)17-19-6-4-3-5-7-19/h3-9,14,18,21,23-25,27-28,35,38H,10-13,15-17H2,1-2H3/t23-,24+,25-,27-,28-,31+/m0/s1. The molecule has 0 radical (unpaired) electrons. The molecule has 4 fully saturated rings. The zero-order chi connectivity index (χ0) is 27.5. The number of carbonyl (C=O) groups is 2. The van der Waals surface area contributed by atoms with Gasteiger partial charge in [0, 0.05) is 47.5 Å². The summed E-state index contributed by atoms with van der Waals surface area (Å²) in [6.45, 7) is 6.61. The Hall–Kier alpha value is -2.26. The van der Waals surface area contributed by atoms with E-state index in [0.29, 0.717) is 18.4 Å². The van der Waals surface area contributed by atoms with Gasteiger partial charge in [0.1, 0.15) is 5.75 Å². The minimum atomic E-state index is -1.53. The second-order valence-electron chi connectivity index (χ2n) is 12.2. The van der Waals surface area contributed by atoms with Gasteiger partial charge in [0.25, 0.3) is 0 Å². The molecule has 2 amide bonds. The van der Waals surface area contributed by atoms with E-state index in [9.17, 15) is 19.8 Å². The lowest BCUT2D eigenvalue weighted by molar-refractivity contribution is -0.276. The van der Waals surface area contributed by atoms with E-state index in [0.717, 1.165) is 36.9 Å². The summed E-state index contributed by atoms with van der Waals surface area (Å²) in [6, 6.07) is 15.4. The number of amides is 2. The van der Waals surface area contributed by atoms with Crippen LogP contribution in [0.15, 0.2) is 53.0 Å². The van der Waals surface area contributed by atoms with Crippen molar-refractivity contribution >= 4 is 27.7 Å². The number of ether oxygens (including phenoxy) is 1. The molecule has 2 aromatic rings. The number of phenols is 1. The molecule has 3 heterocycles. The Morgan fingerprint density at radius 2 is 1.77 bits per heavy atom. The highest BCUT2D eigenvalue weighted by atomic mass is 79.9. The first-order chi connectivity index (χ1) is 18.7. The number of fused-ring (bicyclic) bond motifs is 3. The van der Waals surface area contributed by atoms with Crippen LogP contribution in [0.4, 0.5) is 0 Å². The van der Waals surface area contributed by atoms with E-state index >= 15 is 0 Å². The number of imide groups is 1.